The van der Waals surface area contributed by atoms with Gasteiger partial charge in [-0.15, -0.1) is 0 Å². The van der Waals surface area contributed by atoms with E-state index in [0.717, 1.165) is 0 Å². The fourth-order valence-electron chi connectivity index (χ4n) is 2.99. The van der Waals surface area contributed by atoms with Gasteiger partial charge in [-0.1, -0.05) is 11.2 Å². The van der Waals surface area contributed by atoms with Gasteiger partial charge in [0.05, 0.1) is 13.2 Å². The van der Waals surface area contributed by atoms with E-state index in [9.17, 15) is 19.1 Å². The smallest absolute Gasteiger partial charge is 0.358 e. The molecule has 0 aliphatic heterocycles. The second-order valence-electron chi connectivity index (χ2n) is 6.80. The Bertz CT molecular complexity index is 1110. The van der Waals surface area contributed by atoms with Crippen molar-refractivity contribution in [2.45, 2.75) is 25.9 Å². The number of rotatable bonds is 8. The standard InChI is InChI=1S/C22H20FNO7/c1-12(30-18-5-3-4-17(25)20(18)22(28)29-2)6-7-13-10-14(8-9-15(13)23)19-11-16(21(26)27)24-31-19/h3-5,8-12,25H,6-7H2,1-2H3,(H,26,27). The van der Waals surface area contributed by atoms with E-state index in [1.54, 1.807) is 13.0 Å². The third kappa shape index (κ3) is 5.00. The largest absolute Gasteiger partial charge is 0.507 e. The molecule has 0 saturated heterocycles. The Labute approximate surface area is 176 Å². The molecule has 0 radical (unpaired) electrons. The number of hydrogen-bond acceptors (Lipinski definition) is 7. The highest BCUT2D eigenvalue weighted by atomic mass is 19.1. The second-order valence-corrected chi connectivity index (χ2v) is 6.80. The summed E-state index contributed by atoms with van der Waals surface area (Å²) in [5, 5.41) is 22.4. The predicted molar refractivity (Wildman–Crippen MR) is 107 cm³/mol. The van der Waals surface area contributed by atoms with Crippen LogP contribution in [0, 0.1) is 5.82 Å². The van der Waals surface area contributed by atoms with Crippen molar-refractivity contribution in [3.8, 4) is 22.8 Å². The van der Waals surface area contributed by atoms with Crippen molar-refractivity contribution in [1.29, 1.82) is 0 Å². The molecule has 0 amide bonds. The zero-order valence-electron chi connectivity index (χ0n) is 16.8. The van der Waals surface area contributed by atoms with Gasteiger partial charge >= 0.3 is 11.9 Å². The number of phenolic OH excluding ortho intramolecular Hbond substituents is 1. The Kier molecular flexibility index (Phi) is 6.54. The van der Waals surface area contributed by atoms with Gasteiger partial charge in [0.15, 0.2) is 11.5 Å². The van der Waals surface area contributed by atoms with Crippen molar-refractivity contribution in [1.82, 2.24) is 5.16 Å². The van der Waals surface area contributed by atoms with Crippen LogP contribution in [0.25, 0.3) is 11.3 Å². The van der Waals surface area contributed by atoms with Crippen LogP contribution in [0.4, 0.5) is 4.39 Å². The zero-order valence-corrected chi connectivity index (χ0v) is 16.8. The minimum absolute atomic E-state index is 0.0791. The number of nitrogens with zero attached hydrogens (tertiary/aromatic N) is 1. The number of halogens is 1. The molecule has 0 spiro atoms. The summed E-state index contributed by atoms with van der Waals surface area (Å²) in [5.41, 5.74) is 0.552. The Morgan fingerprint density at radius 2 is 2.00 bits per heavy atom. The summed E-state index contributed by atoms with van der Waals surface area (Å²) in [4.78, 5) is 22.9. The van der Waals surface area contributed by atoms with Crippen LogP contribution in [-0.4, -0.2) is 40.5 Å². The fourth-order valence-corrected chi connectivity index (χ4v) is 2.99. The summed E-state index contributed by atoms with van der Waals surface area (Å²) in [7, 11) is 1.20. The third-order valence-electron chi connectivity index (χ3n) is 4.60. The van der Waals surface area contributed by atoms with Crippen molar-refractivity contribution in [2.75, 3.05) is 7.11 Å². The predicted octanol–water partition coefficient (Wildman–Crippen LogP) is 4.07. The monoisotopic (exact) mass is 429 g/mol. The molecule has 1 aromatic heterocycles. The van der Waals surface area contributed by atoms with Crippen LogP contribution in [0.5, 0.6) is 11.5 Å². The van der Waals surface area contributed by atoms with Gasteiger partial charge < -0.3 is 24.2 Å². The van der Waals surface area contributed by atoms with Crippen LogP contribution in [0.1, 0.15) is 39.8 Å². The molecule has 2 N–H and O–H groups in total. The van der Waals surface area contributed by atoms with Gasteiger partial charge in [-0.3, -0.25) is 0 Å². The number of aromatic carboxylic acids is 1. The van der Waals surface area contributed by atoms with Gasteiger partial charge in [-0.25, -0.2) is 14.0 Å². The molecule has 3 aromatic rings. The SMILES string of the molecule is COC(=O)c1c(O)cccc1OC(C)CCc1cc(-c2cc(C(=O)O)no2)ccc1F. The number of hydrogen-bond donors (Lipinski definition) is 2. The first kappa shape index (κ1) is 21.8. The summed E-state index contributed by atoms with van der Waals surface area (Å²) in [6.07, 6.45) is 0.276. The lowest BCUT2D eigenvalue weighted by Crippen LogP contribution is -2.16. The van der Waals surface area contributed by atoms with E-state index < -0.39 is 23.9 Å². The van der Waals surface area contributed by atoms with Crippen LogP contribution in [0.2, 0.25) is 0 Å². The Morgan fingerprint density at radius 1 is 1.23 bits per heavy atom. The van der Waals surface area contributed by atoms with E-state index in [4.69, 9.17) is 14.4 Å². The number of aryl methyl sites for hydroxylation is 1. The van der Waals surface area contributed by atoms with Gasteiger partial charge in [-0.05, 0) is 55.7 Å². The number of carboxylic acid groups (broad SMARTS) is 1. The molecule has 0 bridgehead atoms. The van der Waals surface area contributed by atoms with Gasteiger partial charge in [0, 0.05) is 11.6 Å². The summed E-state index contributed by atoms with van der Waals surface area (Å²) in [5.74, 6) is -2.26. The Hall–Kier alpha value is -3.88. The molecule has 0 aliphatic rings. The highest BCUT2D eigenvalue weighted by Crippen LogP contribution is 2.30. The number of benzene rings is 2. The quantitative estimate of drug-likeness (QED) is 0.514. The van der Waals surface area contributed by atoms with E-state index in [-0.39, 0.29) is 28.5 Å². The fraction of sp³-hybridized carbons (Fsp3) is 0.227. The number of phenols is 1. The average Bonchev–Trinajstić information content (AvgIpc) is 3.23. The van der Waals surface area contributed by atoms with Crippen LogP contribution < -0.4 is 4.74 Å². The average molecular weight is 429 g/mol. The van der Waals surface area contributed by atoms with E-state index in [0.29, 0.717) is 24.0 Å². The molecule has 0 saturated carbocycles. The third-order valence-corrected chi connectivity index (χ3v) is 4.60. The van der Waals surface area contributed by atoms with Crippen LogP contribution in [0.15, 0.2) is 47.0 Å². The second kappa shape index (κ2) is 9.29. The number of esters is 1. The molecule has 1 atom stereocenters. The first-order valence-electron chi connectivity index (χ1n) is 9.36. The molecular formula is C22H20FNO7. The summed E-state index contributed by atoms with van der Waals surface area (Å²) < 4.78 is 29.8. The lowest BCUT2D eigenvalue weighted by atomic mass is 10.0. The van der Waals surface area contributed by atoms with Gasteiger partial charge in [-0.2, -0.15) is 0 Å². The van der Waals surface area contributed by atoms with E-state index in [1.165, 1.54) is 43.5 Å². The topological polar surface area (TPSA) is 119 Å². The van der Waals surface area contributed by atoms with Crippen molar-refractivity contribution in [3.63, 3.8) is 0 Å². The Balaban J connectivity index is 1.72. The summed E-state index contributed by atoms with van der Waals surface area (Å²) in [6, 6.07) is 9.99. The van der Waals surface area contributed by atoms with Gasteiger partial charge in [0.2, 0.25) is 0 Å². The molecule has 9 heteroatoms. The number of aromatic nitrogens is 1. The molecule has 162 valence electrons. The molecule has 3 rings (SSSR count). The lowest BCUT2D eigenvalue weighted by Gasteiger charge is -2.17. The van der Waals surface area contributed by atoms with Crippen LogP contribution in [-0.2, 0) is 11.2 Å². The minimum Gasteiger partial charge on any atom is -0.507 e. The van der Waals surface area contributed by atoms with Crippen LogP contribution in [0.3, 0.4) is 0 Å². The number of carboxylic acids is 1. The van der Waals surface area contributed by atoms with E-state index in [1.807, 2.05) is 0 Å². The molecular weight excluding hydrogens is 409 g/mol. The molecule has 31 heavy (non-hydrogen) atoms. The molecule has 8 nitrogen and oxygen atoms in total. The van der Waals surface area contributed by atoms with E-state index >= 15 is 0 Å². The van der Waals surface area contributed by atoms with Crippen molar-refractivity contribution in [2.24, 2.45) is 0 Å². The number of methoxy groups -OCH3 is 1. The van der Waals surface area contributed by atoms with E-state index in [2.05, 4.69) is 9.89 Å². The summed E-state index contributed by atoms with van der Waals surface area (Å²) in [6.45, 7) is 1.75. The van der Waals surface area contributed by atoms with Gasteiger partial charge in [0.25, 0.3) is 0 Å². The lowest BCUT2D eigenvalue weighted by molar-refractivity contribution is 0.0588. The molecule has 2 aromatic carbocycles. The zero-order chi connectivity index (χ0) is 22.5. The Morgan fingerprint density at radius 3 is 2.68 bits per heavy atom. The maximum absolute atomic E-state index is 14.3. The number of ether oxygens (including phenoxy) is 2. The van der Waals surface area contributed by atoms with Crippen molar-refractivity contribution >= 4 is 11.9 Å². The van der Waals surface area contributed by atoms with Gasteiger partial charge in [0.1, 0.15) is 22.9 Å². The van der Waals surface area contributed by atoms with Crippen molar-refractivity contribution in [3.05, 3.63) is 65.1 Å². The number of carbonyl (C=O) groups is 2. The molecule has 0 aliphatic carbocycles. The highest BCUT2D eigenvalue weighted by molar-refractivity contribution is 5.95. The number of carbonyl (C=O) groups excluding carboxylic acids is 1. The minimum atomic E-state index is -1.22. The van der Waals surface area contributed by atoms with Crippen LogP contribution >= 0.6 is 0 Å². The summed E-state index contributed by atoms with van der Waals surface area (Å²) >= 11 is 0. The molecule has 0 fully saturated rings. The molecule has 1 unspecified atom stereocenters. The highest BCUT2D eigenvalue weighted by Gasteiger charge is 2.20. The first-order valence-corrected chi connectivity index (χ1v) is 9.36. The molecule has 1 heterocycles. The first-order chi connectivity index (χ1) is 14.8. The number of aromatic hydroxyl groups is 1. The maximum Gasteiger partial charge on any atom is 0.358 e. The maximum atomic E-state index is 14.3. The normalized spacial score (nSPS) is 11.7. The van der Waals surface area contributed by atoms with Crippen molar-refractivity contribution < 1.29 is 38.2 Å².